The van der Waals surface area contributed by atoms with Gasteiger partial charge in [0.15, 0.2) is 0 Å². The molecule has 0 aromatic heterocycles. The van der Waals surface area contributed by atoms with Crippen molar-refractivity contribution >= 4 is 15.7 Å². The lowest BCUT2D eigenvalue weighted by molar-refractivity contribution is 0.120. The van der Waals surface area contributed by atoms with E-state index in [1.165, 1.54) is 18.2 Å². The number of nitrogens with one attached hydrogen (secondary N) is 1. The number of anilines is 1. The molecule has 7 heteroatoms. The van der Waals surface area contributed by atoms with Gasteiger partial charge in [-0.25, -0.2) is 13.1 Å². The summed E-state index contributed by atoms with van der Waals surface area (Å²) in [5.74, 6) is 0. The molecule has 0 aliphatic heterocycles. The van der Waals surface area contributed by atoms with Crippen LogP contribution in [0.15, 0.2) is 23.1 Å². The number of sulfonamides is 1. The van der Waals surface area contributed by atoms with E-state index >= 15 is 0 Å². The third kappa shape index (κ3) is 3.28. The fourth-order valence-electron chi connectivity index (χ4n) is 2.35. The third-order valence-electron chi connectivity index (χ3n) is 3.43. The van der Waals surface area contributed by atoms with E-state index in [9.17, 15) is 13.5 Å². The molecule has 108 valence electrons. The zero-order chi connectivity index (χ0) is 14.8. The number of nitrogens with two attached hydrogens (primary N) is 1. The van der Waals surface area contributed by atoms with Gasteiger partial charge in [0, 0.05) is 11.7 Å². The molecule has 1 aromatic rings. The summed E-state index contributed by atoms with van der Waals surface area (Å²) in [5, 5.41) is 18.4. The molecular formula is C13H17N3O3S. The summed E-state index contributed by atoms with van der Waals surface area (Å²) in [6.45, 7) is 0. The second-order valence-corrected chi connectivity index (χ2v) is 6.68. The lowest BCUT2D eigenvalue weighted by Gasteiger charge is -2.26. The number of aliphatic hydroxyl groups is 1. The Morgan fingerprint density at radius 3 is 2.55 bits per heavy atom. The molecule has 0 heterocycles. The summed E-state index contributed by atoms with van der Waals surface area (Å²) < 4.78 is 27.2. The van der Waals surface area contributed by atoms with E-state index < -0.39 is 10.0 Å². The molecule has 6 nitrogen and oxygen atoms in total. The number of aliphatic hydroxyl groups excluding tert-OH is 1. The van der Waals surface area contributed by atoms with Crippen molar-refractivity contribution in [3.8, 4) is 6.07 Å². The number of nitriles is 1. The molecule has 1 aliphatic carbocycles. The van der Waals surface area contributed by atoms with Gasteiger partial charge in [-0.2, -0.15) is 5.26 Å². The van der Waals surface area contributed by atoms with Crippen LogP contribution in [0.3, 0.4) is 0 Å². The summed E-state index contributed by atoms with van der Waals surface area (Å²) in [7, 11) is -3.75. The molecule has 0 amide bonds. The van der Waals surface area contributed by atoms with Crippen molar-refractivity contribution in [2.24, 2.45) is 0 Å². The molecule has 1 aromatic carbocycles. The van der Waals surface area contributed by atoms with Crippen molar-refractivity contribution < 1.29 is 13.5 Å². The van der Waals surface area contributed by atoms with Crippen molar-refractivity contribution in [3.63, 3.8) is 0 Å². The highest BCUT2D eigenvalue weighted by molar-refractivity contribution is 7.89. The van der Waals surface area contributed by atoms with Gasteiger partial charge >= 0.3 is 0 Å². The summed E-state index contributed by atoms with van der Waals surface area (Å²) in [6, 6.07) is 5.79. The lowest BCUT2D eigenvalue weighted by Crippen LogP contribution is -2.38. The minimum Gasteiger partial charge on any atom is -0.399 e. The fourth-order valence-corrected chi connectivity index (χ4v) is 3.79. The lowest BCUT2D eigenvalue weighted by atomic mass is 9.94. The number of nitrogen functional groups attached to an aromatic ring is 1. The van der Waals surface area contributed by atoms with Crippen LogP contribution in [-0.2, 0) is 10.0 Å². The van der Waals surface area contributed by atoms with E-state index in [1.54, 1.807) is 0 Å². The van der Waals surface area contributed by atoms with Crippen LogP contribution in [0.4, 0.5) is 5.69 Å². The summed E-state index contributed by atoms with van der Waals surface area (Å²) in [4.78, 5) is -0.0553. The molecule has 0 atom stereocenters. The van der Waals surface area contributed by atoms with Crippen molar-refractivity contribution in [2.75, 3.05) is 5.73 Å². The molecule has 1 saturated carbocycles. The van der Waals surface area contributed by atoms with E-state index in [-0.39, 0.29) is 22.6 Å². The van der Waals surface area contributed by atoms with E-state index in [0.717, 1.165) is 0 Å². The quantitative estimate of drug-likeness (QED) is 0.710. The monoisotopic (exact) mass is 295 g/mol. The van der Waals surface area contributed by atoms with Gasteiger partial charge in [-0.05, 0) is 43.9 Å². The second kappa shape index (κ2) is 5.79. The zero-order valence-electron chi connectivity index (χ0n) is 10.9. The van der Waals surface area contributed by atoms with Gasteiger partial charge in [-0.1, -0.05) is 0 Å². The first kappa shape index (κ1) is 14.8. The highest BCUT2D eigenvalue weighted by Gasteiger charge is 2.26. The topological polar surface area (TPSA) is 116 Å². The van der Waals surface area contributed by atoms with Gasteiger partial charge in [0.05, 0.1) is 16.6 Å². The van der Waals surface area contributed by atoms with Crippen molar-refractivity contribution in [3.05, 3.63) is 23.8 Å². The standard InChI is InChI=1S/C13H17N3O3S/c14-8-9-7-10(15)1-6-13(9)20(18,19)16-11-2-4-12(17)5-3-11/h1,6-7,11-12,16-17H,2-5,15H2. The number of benzene rings is 1. The smallest absolute Gasteiger partial charge is 0.242 e. The van der Waals surface area contributed by atoms with Crippen LogP contribution >= 0.6 is 0 Å². The third-order valence-corrected chi connectivity index (χ3v) is 5.01. The Bertz CT molecular complexity index is 629. The molecular weight excluding hydrogens is 278 g/mol. The van der Waals surface area contributed by atoms with Crippen LogP contribution in [-0.4, -0.2) is 25.7 Å². The average molecular weight is 295 g/mol. The molecule has 0 spiro atoms. The summed E-state index contributed by atoms with van der Waals surface area (Å²) >= 11 is 0. The van der Waals surface area contributed by atoms with Gasteiger partial charge in [0.25, 0.3) is 0 Å². The Hall–Kier alpha value is -1.62. The zero-order valence-corrected chi connectivity index (χ0v) is 11.7. The SMILES string of the molecule is N#Cc1cc(N)ccc1S(=O)(=O)NC1CCC(O)CC1. The Morgan fingerprint density at radius 1 is 1.30 bits per heavy atom. The first-order chi connectivity index (χ1) is 9.42. The number of hydrogen-bond donors (Lipinski definition) is 3. The number of nitrogens with zero attached hydrogens (tertiary/aromatic N) is 1. The van der Waals surface area contributed by atoms with Crippen LogP contribution in [0.5, 0.6) is 0 Å². The first-order valence-corrected chi connectivity index (χ1v) is 7.90. The van der Waals surface area contributed by atoms with E-state index in [2.05, 4.69) is 4.72 Å². The highest BCUT2D eigenvalue weighted by Crippen LogP contribution is 2.22. The normalized spacial score (nSPS) is 23.2. The Morgan fingerprint density at radius 2 is 1.95 bits per heavy atom. The van der Waals surface area contributed by atoms with E-state index in [0.29, 0.717) is 31.4 Å². The van der Waals surface area contributed by atoms with Crippen molar-refractivity contribution in [1.82, 2.24) is 4.72 Å². The van der Waals surface area contributed by atoms with Crippen LogP contribution in [0.1, 0.15) is 31.2 Å². The maximum Gasteiger partial charge on any atom is 0.242 e. The van der Waals surface area contributed by atoms with Gasteiger partial charge < -0.3 is 10.8 Å². The molecule has 0 unspecified atom stereocenters. The average Bonchev–Trinajstić information content (AvgIpc) is 2.40. The van der Waals surface area contributed by atoms with Gasteiger partial charge in [-0.3, -0.25) is 0 Å². The minimum atomic E-state index is -3.75. The second-order valence-electron chi connectivity index (χ2n) is 4.99. The van der Waals surface area contributed by atoms with E-state index in [1.807, 2.05) is 6.07 Å². The van der Waals surface area contributed by atoms with Gasteiger partial charge in [-0.15, -0.1) is 0 Å². The molecule has 20 heavy (non-hydrogen) atoms. The van der Waals surface area contributed by atoms with Crippen molar-refractivity contribution in [1.29, 1.82) is 5.26 Å². The molecule has 0 bridgehead atoms. The van der Waals surface area contributed by atoms with Crippen LogP contribution in [0, 0.1) is 11.3 Å². The van der Waals surface area contributed by atoms with E-state index in [4.69, 9.17) is 11.0 Å². The molecule has 0 radical (unpaired) electrons. The van der Waals surface area contributed by atoms with Gasteiger partial charge in [0.1, 0.15) is 6.07 Å². The number of hydrogen-bond acceptors (Lipinski definition) is 5. The minimum absolute atomic E-state index is 0.0355. The summed E-state index contributed by atoms with van der Waals surface area (Å²) in [5.41, 5.74) is 5.94. The highest BCUT2D eigenvalue weighted by atomic mass is 32.2. The van der Waals surface area contributed by atoms with Gasteiger partial charge in [0.2, 0.25) is 10.0 Å². The molecule has 4 N–H and O–H groups in total. The summed E-state index contributed by atoms with van der Waals surface area (Å²) in [6.07, 6.45) is 2.01. The Labute approximate surface area is 118 Å². The molecule has 2 rings (SSSR count). The fraction of sp³-hybridized carbons (Fsp3) is 0.462. The van der Waals surface area contributed by atoms with Crippen LogP contribution in [0.25, 0.3) is 0 Å². The molecule has 1 fully saturated rings. The maximum atomic E-state index is 12.3. The predicted octanol–water partition coefficient (Wildman–Crippen LogP) is 0.722. The maximum absolute atomic E-state index is 12.3. The number of rotatable bonds is 3. The molecule has 0 saturated heterocycles. The van der Waals surface area contributed by atoms with Crippen LogP contribution in [0.2, 0.25) is 0 Å². The predicted molar refractivity (Wildman–Crippen MR) is 74.2 cm³/mol. The molecule has 1 aliphatic rings. The Balaban J connectivity index is 2.21. The van der Waals surface area contributed by atoms with Crippen LogP contribution < -0.4 is 10.5 Å². The Kier molecular flexibility index (Phi) is 4.28. The van der Waals surface area contributed by atoms with Crippen molar-refractivity contribution in [2.45, 2.75) is 42.7 Å². The first-order valence-electron chi connectivity index (χ1n) is 6.42. The largest absolute Gasteiger partial charge is 0.399 e.